The molecule has 1 aliphatic heterocycles. The average Bonchev–Trinajstić information content (AvgIpc) is 3.28. The molecule has 1 amide bonds. The van der Waals surface area contributed by atoms with Gasteiger partial charge < -0.3 is 10.2 Å². The van der Waals surface area contributed by atoms with E-state index >= 15 is 0 Å². The van der Waals surface area contributed by atoms with E-state index in [0.717, 1.165) is 6.07 Å². The first-order valence-electron chi connectivity index (χ1n) is 9.32. The second-order valence-electron chi connectivity index (χ2n) is 6.91. The van der Waals surface area contributed by atoms with Crippen LogP contribution in [0.15, 0.2) is 49.1 Å². The van der Waals surface area contributed by atoms with Crippen LogP contribution in [0.4, 0.5) is 24.7 Å². The molecule has 0 spiro atoms. The van der Waals surface area contributed by atoms with Crippen molar-refractivity contribution in [3.05, 3.63) is 54.6 Å². The van der Waals surface area contributed by atoms with Gasteiger partial charge in [0.25, 0.3) is 0 Å². The van der Waals surface area contributed by atoms with Crippen molar-refractivity contribution >= 4 is 17.4 Å². The molecule has 3 aromatic rings. The summed E-state index contributed by atoms with van der Waals surface area (Å²) in [5.41, 5.74) is -1.09. The minimum Gasteiger partial charge on any atom is -0.354 e. The van der Waals surface area contributed by atoms with E-state index in [1.54, 1.807) is 12.1 Å². The van der Waals surface area contributed by atoms with E-state index in [0.29, 0.717) is 37.6 Å². The lowest BCUT2D eigenvalue weighted by Gasteiger charge is -2.32. The quantitative estimate of drug-likeness (QED) is 0.702. The highest BCUT2D eigenvalue weighted by molar-refractivity contribution is 5.93. The molecule has 156 valence electrons. The van der Waals surface area contributed by atoms with E-state index in [1.807, 2.05) is 4.90 Å². The van der Waals surface area contributed by atoms with Crippen LogP contribution >= 0.6 is 0 Å². The summed E-state index contributed by atoms with van der Waals surface area (Å²) in [5, 5.41) is 14.7. The van der Waals surface area contributed by atoms with Crippen LogP contribution < -0.4 is 10.2 Å². The zero-order chi connectivity index (χ0) is 21.1. The summed E-state index contributed by atoms with van der Waals surface area (Å²) in [6.45, 7) is 1.03. The highest BCUT2D eigenvalue weighted by Gasteiger charge is 2.34. The molecule has 0 aliphatic carbocycles. The minimum atomic E-state index is -4.54. The van der Waals surface area contributed by atoms with Crippen molar-refractivity contribution in [1.82, 2.24) is 25.0 Å². The monoisotopic (exact) mass is 417 g/mol. The highest BCUT2D eigenvalue weighted by Crippen LogP contribution is 2.35. The van der Waals surface area contributed by atoms with Gasteiger partial charge in [-0.15, -0.1) is 10.2 Å². The van der Waals surface area contributed by atoms with Gasteiger partial charge in [-0.05, 0) is 37.1 Å². The molecule has 11 heteroatoms. The zero-order valence-electron chi connectivity index (χ0n) is 15.8. The zero-order valence-corrected chi connectivity index (χ0v) is 15.8. The van der Waals surface area contributed by atoms with Crippen molar-refractivity contribution in [3.63, 3.8) is 0 Å². The molecule has 1 fully saturated rings. The Morgan fingerprint density at radius 3 is 2.57 bits per heavy atom. The van der Waals surface area contributed by atoms with Crippen LogP contribution in [-0.2, 0) is 11.0 Å². The van der Waals surface area contributed by atoms with Crippen molar-refractivity contribution in [2.24, 2.45) is 5.92 Å². The second kappa shape index (κ2) is 8.09. The van der Waals surface area contributed by atoms with Crippen LogP contribution in [0.3, 0.4) is 0 Å². The molecule has 1 N–H and O–H groups in total. The number of alkyl halides is 3. The number of hydrogen-bond donors (Lipinski definition) is 1. The van der Waals surface area contributed by atoms with Crippen molar-refractivity contribution in [1.29, 1.82) is 0 Å². The lowest BCUT2D eigenvalue weighted by molar-refractivity contribution is -0.137. The third-order valence-corrected chi connectivity index (χ3v) is 4.90. The fourth-order valence-electron chi connectivity index (χ4n) is 3.41. The Morgan fingerprint density at radius 1 is 1.10 bits per heavy atom. The largest absolute Gasteiger partial charge is 0.418 e. The number of amides is 1. The fourth-order valence-corrected chi connectivity index (χ4v) is 3.41. The van der Waals surface area contributed by atoms with Crippen LogP contribution in [-0.4, -0.2) is 44.0 Å². The topological polar surface area (TPSA) is 88.8 Å². The van der Waals surface area contributed by atoms with Crippen LogP contribution in [0, 0.1) is 5.92 Å². The predicted octanol–water partition coefficient (Wildman–Crippen LogP) is 2.93. The first-order valence-corrected chi connectivity index (χ1v) is 9.32. The fraction of sp³-hybridized carbons (Fsp3) is 0.316. The summed E-state index contributed by atoms with van der Waals surface area (Å²) in [7, 11) is 0. The van der Waals surface area contributed by atoms with Crippen molar-refractivity contribution < 1.29 is 18.0 Å². The molecule has 1 unspecified atom stereocenters. The lowest BCUT2D eigenvalue weighted by atomic mass is 9.96. The van der Waals surface area contributed by atoms with Crippen LogP contribution in [0.1, 0.15) is 18.4 Å². The molecule has 1 atom stereocenters. The molecule has 0 radical (unpaired) electrons. The van der Waals surface area contributed by atoms with Gasteiger partial charge in [-0.25, -0.2) is 9.67 Å². The summed E-state index contributed by atoms with van der Waals surface area (Å²) in [6, 6.07) is 8.47. The van der Waals surface area contributed by atoms with Gasteiger partial charge in [0.05, 0.1) is 17.2 Å². The van der Waals surface area contributed by atoms with Crippen LogP contribution in [0.5, 0.6) is 0 Å². The average molecular weight is 417 g/mol. The summed E-state index contributed by atoms with van der Waals surface area (Å²) in [4.78, 5) is 18.4. The first kappa shape index (κ1) is 19.8. The minimum absolute atomic E-state index is 0.232. The molecular formula is C19H18F3N7O. The Labute approximate surface area is 169 Å². The Hall–Kier alpha value is -3.50. The number of carbonyl (C=O) groups is 1. The Kier molecular flexibility index (Phi) is 5.34. The van der Waals surface area contributed by atoms with E-state index in [2.05, 4.69) is 25.6 Å². The first-order chi connectivity index (χ1) is 14.4. The van der Waals surface area contributed by atoms with Crippen molar-refractivity contribution in [2.45, 2.75) is 19.0 Å². The van der Waals surface area contributed by atoms with Gasteiger partial charge in [0.1, 0.15) is 12.7 Å². The van der Waals surface area contributed by atoms with Crippen molar-refractivity contribution in [2.75, 3.05) is 23.3 Å². The van der Waals surface area contributed by atoms with E-state index in [9.17, 15) is 18.0 Å². The summed E-state index contributed by atoms with van der Waals surface area (Å²) in [5.74, 6) is 0.193. The van der Waals surface area contributed by atoms with Gasteiger partial charge in [0.15, 0.2) is 11.6 Å². The Bertz CT molecular complexity index is 1010. The van der Waals surface area contributed by atoms with E-state index < -0.39 is 23.6 Å². The molecule has 1 aliphatic rings. The van der Waals surface area contributed by atoms with Crippen LogP contribution in [0.2, 0.25) is 0 Å². The van der Waals surface area contributed by atoms with E-state index in [-0.39, 0.29) is 5.69 Å². The summed E-state index contributed by atoms with van der Waals surface area (Å²) < 4.78 is 41.0. The number of halogens is 3. The summed E-state index contributed by atoms with van der Waals surface area (Å²) in [6.07, 6.45) is -0.347. The van der Waals surface area contributed by atoms with Crippen molar-refractivity contribution in [3.8, 4) is 5.82 Å². The van der Waals surface area contributed by atoms with Crippen LogP contribution in [0.25, 0.3) is 5.82 Å². The maximum absolute atomic E-state index is 13.2. The molecule has 1 aromatic carbocycles. The highest BCUT2D eigenvalue weighted by atomic mass is 19.4. The Balaban J connectivity index is 1.45. The molecule has 2 aromatic heterocycles. The van der Waals surface area contributed by atoms with Gasteiger partial charge in [-0.3, -0.25) is 4.79 Å². The molecule has 0 bridgehead atoms. The molecule has 0 saturated carbocycles. The Morgan fingerprint density at radius 2 is 1.87 bits per heavy atom. The smallest absolute Gasteiger partial charge is 0.354 e. The normalized spacial score (nSPS) is 17.0. The third-order valence-electron chi connectivity index (χ3n) is 4.90. The number of nitrogens with one attached hydrogen (secondary N) is 1. The van der Waals surface area contributed by atoms with Gasteiger partial charge >= 0.3 is 6.18 Å². The van der Waals surface area contributed by atoms with Gasteiger partial charge in [-0.1, -0.05) is 12.1 Å². The molecule has 1 saturated heterocycles. The number of para-hydroxylation sites is 1. The predicted molar refractivity (Wildman–Crippen MR) is 102 cm³/mol. The lowest BCUT2D eigenvalue weighted by Crippen LogP contribution is -2.41. The van der Waals surface area contributed by atoms with Gasteiger partial charge in [0.2, 0.25) is 5.91 Å². The SMILES string of the molecule is O=C(Nc1ccccc1C(F)(F)F)C1CCCN(c2ccc(-n3cncn3)nn2)C1. The molecular weight excluding hydrogens is 399 g/mol. The summed E-state index contributed by atoms with van der Waals surface area (Å²) >= 11 is 0. The molecule has 3 heterocycles. The van der Waals surface area contributed by atoms with E-state index in [4.69, 9.17) is 0 Å². The van der Waals surface area contributed by atoms with Gasteiger partial charge in [-0.2, -0.15) is 18.3 Å². The number of aromatic nitrogens is 5. The maximum atomic E-state index is 13.2. The number of piperidine rings is 1. The number of anilines is 2. The second-order valence-corrected chi connectivity index (χ2v) is 6.91. The van der Waals surface area contributed by atoms with E-state index in [1.165, 1.54) is 35.5 Å². The molecule has 8 nitrogen and oxygen atoms in total. The number of rotatable bonds is 4. The van der Waals surface area contributed by atoms with Gasteiger partial charge in [0, 0.05) is 13.1 Å². The number of hydrogen-bond acceptors (Lipinski definition) is 6. The molecule has 4 rings (SSSR count). The molecule has 30 heavy (non-hydrogen) atoms. The maximum Gasteiger partial charge on any atom is 0.418 e. The number of nitrogens with zero attached hydrogens (tertiary/aromatic N) is 6. The standard InChI is InChI=1S/C19H18F3N7O/c20-19(21,22)14-5-1-2-6-15(14)25-18(30)13-4-3-9-28(10-13)16-7-8-17(27-26-16)29-12-23-11-24-29/h1-2,5-8,11-13H,3-4,9-10H2,(H,25,30). The third kappa shape index (κ3) is 4.24. The number of benzene rings is 1. The number of carbonyl (C=O) groups excluding carboxylic acids is 1.